The number of nitrogen functional groups attached to an aromatic ring is 1. The molecule has 1 unspecified atom stereocenters. The van der Waals surface area contributed by atoms with E-state index in [-0.39, 0.29) is 6.04 Å². The summed E-state index contributed by atoms with van der Waals surface area (Å²) < 4.78 is 0. The van der Waals surface area contributed by atoms with Crippen molar-refractivity contribution in [3.8, 4) is 0 Å². The molecule has 4 nitrogen and oxygen atoms in total. The van der Waals surface area contributed by atoms with Gasteiger partial charge in [-0.25, -0.2) is 9.97 Å². The second-order valence-corrected chi connectivity index (χ2v) is 5.72. The molecule has 0 amide bonds. The summed E-state index contributed by atoms with van der Waals surface area (Å²) in [7, 11) is 0. The van der Waals surface area contributed by atoms with E-state index in [2.05, 4.69) is 22.2 Å². The van der Waals surface area contributed by atoms with Crippen molar-refractivity contribution in [2.24, 2.45) is 0 Å². The predicted molar refractivity (Wildman–Crippen MR) is 88.9 cm³/mol. The standard InChI is InChI=1S/C15H18Cl2N4/c1-3-4-14-20-13(18)8-15(21-14)19-9(2)11-6-5-10(16)7-12(11)17/h5-9H,3-4H2,1-2H3,(H3,18,19,20,21). The zero-order valence-corrected chi connectivity index (χ0v) is 13.5. The van der Waals surface area contributed by atoms with Crippen molar-refractivity contribution in [3.05, 3.63) is 45.7 Å². The Hall–Kier alpha value is -1.52. The van der Waals surface area contributed by atoms with Crippen LogP contribution in [0.5, 0.6) is 0 Å². The van der Waals surface area contributed by atoms with Gasteiger partial charge in [-0.05, 0) is 31.0 Å². The van der Waals surface area contributed by atoms with Crippen LogP contribution < -0.4 is 11.1 Å². The van der Waals surface area contributed by atoms with Crippen LogP contribution in [-0.4, -0.2) is 9.97 Å². The average molecular weight is 325 g/mol. The smallest absolute Gasteiger partial charge is 0.133 e. The molecule has 0 aliphatic rings. The highest BCUT2D eigenvalue weighted by atomic mass is 35.5. The quantitative estimate of drug-likeness (QED) is 0.850. The lowest BCUT2D eigenvalue weighted by molar-refractivity contribution is 0.821. The van der Waals surface area contributed by atoms with E-state index in [1.54, 1.807) is 12.1 Å². The Balaban J connectivity index is 2.20. The van der Waals surface area contributed by atoms with Gasteiger partial charge in [-0.2, -0.15) is 0 Å². The van der Waals surface area contributed by atoms with Gasteiger partial charge >= 0.3 is 0 Å². The Bertz CT molecular complexity index is 631. The van der Waals surface area contributed by atoms with Crippen LogP contribution in [-0.2, 0) is 6.42 Å². The van der Waals surface area contributed by atoms with Crippen LogP contribution in [0, 0.1) is 0 Å². The molecule has 0 spiro atoms. The summed E-state index contributed by atoms with van der Waals surface area (Å²) in [6, 6.07) is 7.16. The molecule has 0 fully saturated rings. The van der Waals surface area contributed by atoms with E-state index >= 15 is 0 Å². The van der Waals surface area contributed by atoms with Crippen molar-refractivity contribution in [2.75, 3.05) is 11.1 Å². The molecular weight excluding hydrogens is 307 g/mol. The maximum Gasteiger partial charge on any atom is 0.133 e. The summed E-state index contributed by atoms with van der Waals surface area (Å²) in [6.07, 6.45) is 1.78. The van der Waals surface area contributed by atoms with E-state index in [0.717, 1.165) is 24.2 Å². The Morgan fingerprint density at radius 1 is 1.24 bits per heavy atom. The second kappa shape index (κ2) is 6.96. The lowest BCUT2D eigenvalue weighted by Gasteiger charge is -2.17. The molecule has 1 atom stereocenters. The first-order valence-electron chi connectivity index (χ1n) is 6.84. The third-order valence-electron chi connectivity index (χ3n) is 3.06. The average Bonchev–Trinajstić information content (AvgIpc) is 2.37. The number of halogens is 2. The third kappa shape index (κ3) is 4.22. The fourth-order valence-electron chi connectivity index (χ4n) is 2.08. The van der Waals surface area contributed by atoms with Gasteiger partial charge in [0.15, 0.2) is 0 Å². The molecule has 2 rings (SSSR count). The number of nitrogens with zero attached hydrogens (tertiary/aromatic N) is 2. The fraction of sp³-hybridized carbons (Fsp3) is 0.333. The van der Waals surface area contributed by atoms with Gasteiger partial charge in [0.25, 0.3) is 0 Å². The maximum atomic E-state index is 6.22. The summed E-state index contributed by atoms with van der Waals surface area (Å²) in [5.74, 6) is 1.91. The van der Waals surface area contributed by atoms with Crippen LogP contribution in [0.4, 0.5) is 11.6 Å². The molecule has 0 saturated heterocycles. The van der Waals surface area contributed by atoms with Gasteiger partial charge in [0.05, 0.1) is 6.04 Å². The minimum absolute atomic E-state index is 0.0152. The summed E-state index contributed by atoms with van der Waals surface area (Å²) in [4.78, 5) is 8.68. The zero-order chi connectivity index (χ0) is 15.4. The molecule has 1 aromatic heterocycles. The third-order valence-corrected chi connectivity index (χ3v) is 3.62. The van der Waals surface area contributed by atoms with Crippen LogP contribution in [0.25, 0.3) is 0 Å². The Kier molecular flexibility index (Phi) is 5.26. The number of hydrogen-bond donors (Lipinski definition) is 2. The number of nitrogens with one attached hydrogen (secondary N) is 1. The van der Waals surface area contributed by atoms with Crippen LogP contribution in [0.1, 0.15) is 37.7 Å². The van der Waals surface area contributed by atoms with Gasteiger partial charge in [-0.15, -0.1) is 0 Å². The van der Waals surface area contributed by atoms with Crippen LogP contribution in [0.3, 0.4) is 0 Å². The topological polar surface area (TPSA) is 63.8 Å². The first kappa shape index (κ1) is 15.9. The molecule has 0 saturated carbocycles. The molecule has 0 bridgehead atoms. The van der Waals surface area contributed by atoms with Crippen LogP contribution in [0.2, 0.25) is 10.0 Å². The van der Waals surface area contributed by atoms with Crippen molar-refractivity contribution in [3.63, 3.8) is 0 Å². The number of rotatable bonds is 5. The number of aromatic nitrogens is 2. The summed E-state index contributed by atoms with van der Waals surface area (Å²) in [5, 5.41) is 4.54. The van der Waals surface area contributed by atoms with Crippen LogP contribution in [0.15, 0.2) is 24.3 Å². The maximum absolute atomic E-state index is 6.22. The minimum atomic E-state index is -0.0152. The number of benzene rings is 1. The molecule has 6 heteroatoms. The normalized spacial score (nSPS) is 12.2. The van der Waals surface area contributed by atoms with E-state index in [1.807, 2.05) is 19.1 Å². The van der Waals surface area contributed by atoms with Crippen LogP contribution >= 0.6 is 23.2 Å². The number of hydrogen-bond acceptors (Lipinski definition) is 4. The Morgan fingerprint density at radius 3 is 2.67 bits per heavy atom. The Morgan fingerprint density at radius 2 is 2.00 bits per heavy atom. The number of nitrogens with two attached hydrogens (primary N) is 1. The van der Waals surface area contributed by atoms with Crippen molar-refractivity contribution >= 4 is 34.8 Å². The van der Waals surface area contributed by atoms with E-state index in [1.165, 1.54) is 0 Å². The highest BCUT2D eigenvalue weighted by molar-refractivity contribution is 6.35. The molecule has 2 aromatic rings. The first-order valence-corrected chi connectivity index (χ1v) is 7.60. The molecule has 0 aliphatic carbocycles. The van der Waals surface area contributed by atoms with Gasteiger partial charge in [-0.3, -0.25) is 0 Å². The van der Waals surface area contributed by atoms with Crippen molar-refractivity contribution in [1.29, 1.82) is 0 Å². The molecule has 112 valence electrons. The van der Waals surface area contributed by atoms with Crippen molar-refractivity contribution in [1.82, 2.24) is 9.97 Å². The monoisotopic (exact) mass is 324 g/mol. The number of anilines is 2. The summed E-state index contributed by atoms with van der Waals surface area (Å²) in [6.45, 7) is 4.09. The largest absolute Gasteiger partial charge is 0.384 e. The second-order valence-electron chi connectivity index (χ2n) is 4.88. The fourth-order valence-corrected chi connectivity index (χ4v) is 2.65. The first-order chi connectivity index (χ1) is 9.99. The van der Waals surface area contributed by atoms with Crippen molar-refractivity contribution < 1.29 is 0 Å². The van der Waals surface area contributed by atoms with E-state index in [4.69, 9.17) is 28.9 Å². The summed E-state index contributed by atoms with van der Waals surface area (Å²) >= 11 is 12.1. The zero-order valence-electron chi connectivity index (χ0n) is 12.0. The van der Waals surface area contributed by atoms with Gasteiger partial charge in [0.1, 0.15) is 17.5 Å². The van der Waals surface area contributed by atoms with Gasteiger partial charge in [0.2, 0.25) is 0 Å². The van der Waals surface area contributed by atoms with E-state index in [9.17, 15) is 0 Å². The number of aryl methyl sites for hydroxylation is 1. The van der Waals surface area contributed by atoms with Gasteiger partial charge in [-0.1, -0.05) is 36.2 Å². The molecule has 21 heavy (non-hydrogen) atoms. The van der Waals surface area contributed by atoms with Crippen molar-refractivity contribution in [2.45, 2.75) is 32.7 Å². The van der Waals surface area contributed by atoms with E-state index < -0.39 is 0 Å². The SMILES string of the molecule is CCCc1nc(N)cc(NC(C)c2ccc(Cl)cc2Cl)n1. The lowest BCUT2D eigenvalue weighted by Crippen LogP contribution is -2.11. The Labute approximate surface area is 134 Å². The minimum Gasteiger partial charge on any atom is -0.384 e. The molecule has 1 aromatic carbocycles. The lowest BCUT2D eigenvalue weighted by atomic mass is 10.1. The highest BCUT2D eigenvalue weighted by Gasteiger charge is 2.11. The molecule has 0 radical (unpaired) electrons. The van der Waals surface area contributed by atoms with Gasteiger partial charge in [0, 0.05) is 22.5 Å². The van der Waals surface area contributed by atoms with E-state index in [0.29, 0.717) is 21.7 Å². The summed E-state index contributed by atoms with van der Waals surface area (Å²) in [5.41, 5.74) is 6.77. The molecule has 0 aliphatic heterocycles. The molecule has 1 heterocycles. The highest BCUT2D eigenvalue weighted by Crippen LogP contribution is 2.28. The molecule has 3 N–H and O–H groups in total. The predicted octanol–water partition coefficient (Wildman–Crippen LogP) is 4.49. The van der Waals surface area contributed by atoms with Gasteiger partial charge < -0.3 is 11.1 Å². The molecular formula is C15H18Cl2N4.